The zero-order valence-corrected chi connectivity index (χ0v) is 11.1. The smallest absolute Gasteiger partial charge is 0.311 e. The molecule has 2 aromatic rings. The molecule has 4 rings (SSSR count). The Kier molecular flexibility index (Phi) is 2.09. The van der Waals surface area contributed by atoms with E-state index >= 15 is 0 Å². The topological polar surface area (TPSA) is 72.6 Å². The van der Waals surface area contributed by atoms with E-state index in [-0.39, 0.29) is 12.0 Å². The maximum Gasteiger partial charge on any atom is 0.311 e. The van der Waals surface area contributed by atoms with E-state index in [1.165, 1.54) is 0 Å². The van der Waals surface area contributed by atoms with Crippen LogP contribution in [0.1, 0.15) is 22.9 Å². The molecule has 3 unspecified atom stereocenters. The highest BCUT2D eigenvalue weighted by atomic mass is 16.5. The van der Waals surface area contributed by atoms with Gasteiger partial charge in [0.05, 0.1) is 5.69 Å². The van der Waals surface area contributed by atoms with Crippen molar-refractivity contribution in [1.82, 2.24) is 5.16 Å². The molecular weight excluding hydrogens is 258 g/mol. The summed E-state index contributed by atoms with van der Waals surface area (Å²) in [4.78, 5) is 11.1. The average Bonchev–Trinajstić information content (AvgIpc) is 2.86. The summed E-state index contributed by atoms with van der Waals surface area (Å²) in [5.41, 5.74) is 3.80. The van der Waals surface area contributed by atoms with Gasteiger partial charge in [-0.15, -0.1) is 0 Å². The van der Waals surface area contributed by atoms with Crippen molar-refractivity contribution in [2.24, 2.45) is 5.92 Å². The molecule has 1 aromatic heterocycles. The Balaban J connectivity index is 1.78. The van der Waals surface area contributed by atoms with Crippen molar-refractivity contribution in [1.29, 1.82) is 0 Å². The van der Waals surface area contributed by atoms with Gasteiger partial charge in [-0.05, 0) is 31.5 Å². The summed E-state index contributed by atoms with van der Waals surface area (Å²) in [7, 11) is 0. The number of carboxylic acids is 1. The third-order valence-corrected chi connectivity index (χ3v) is 4.19. The first-order valence-corrected chi connectivity index (χ1v) is 6.54. The van der Waals surface area contributed by atoms with Gasteiger partial charge < -0.3 is 14.4 Å². The highest BCUT2D eigenvalue weighted by Gasteiger charge is 2.63. The van der Waals surface area contributed by atoms with Gasteiger partial charge in [-0.25, -0.2) is 0 Å². The highest BCUT2D eigenvalue weighted by molar-refractivity contribution is 5.80. The summed E-state index contributed by atoms with van der Waals surface area (Å²) in [6.07, 6.45) is -0.192. The molecule has 1 fully saturated rings. The van der Waals surface area contributed by atoms with Crippen molar-refractivity contribution in [3.8, 4) is 16.9 Å². The number of aromatic nitrogens is 1. The lowest BCUT2D eigenvalue weighted by Crippen LogP contribution is -2.08. The Morgan fingerprint density at radius 2 is 2.15 bits per heavy atom. The van der Waals surface area contributed by atoms with Crippen LogP contribution in [0.15, 0.2) is 22.7 Å². The van der Waals surface area contributed by atoms with Crippen LogP contribution in [0.4, 0.5) is 0 Å². The molecule has 0 radical (unpaired) electrons. The molecule has 1 aliphatic carbocycles. The predicted octanol–water partition coefficient (Wildman–Crippen LogP) is 2.52. The molecule has 1 aromatic carbocycles. The van der Waals surface area contributed by atoms with Crippen molar-refractivity contribution in [3.63, 3.8) is 0 Å². The van der Waals surface area contributed by atoms with Gasteiger partial charge in [0.25, 0.3) is 0 Å². The molecule has 0 spiro atoms. The third-order valence-electron chi connectivity index (χ3n) is 4.19. The first-order chi connectivity index (χ1) is 9.58. The van der Waals surface area contributed by atoms with Crippen LogP contribution in [-0.4, -0.2) is 22.3 Å². The predicted molar refractivity (Wildman–Crippen MR) is 69.7 cm³/mol. The van der Waals surface area contributed by atoms with Crippen LogP contribution in [0.5, 0.6) is 5.75 Å². The van der Waals surface area contributed by atoms with E-state index in [0.717, 1.165) is 33.9 Å². The summed E-state index contributed by atoms with van der Waals surface area (Å²) in [5.74, 6) is 0.371. The fourth-order valence-corrected chi connectivity index (χ4v) is 3.21. The van der Waals surface area contributed by atoms with E-state index in [4.69, 9.17) is 14.4 Å². The molecule has 2 heterocycles. The molecule has 0 bridgehead atoms. The van der Waals surface area contributed by atoms with Crippen LogP contribution in [0.3, 0.4) is 0 Å². The molecule has 1 saturated carbocycles. The number of fused-ring (bicyclic) bond motifs is 3. The number of aliphatic carboxylic acids is 1. The van der Waals surface area contributed by atoms with Gasteiger partial charge in [0.1, 0.15) is 23.5 Å². The third kappa shape index (κ3) is 1.37. The molecule has 102 valence electrons. The fourth-order valence-electron chi connectivity index (χ4n) is 3.21. The molecular formula is C15H13NO4. The van der Waals surface area contributed by atoms with Crippen LogP contribution >= 0.6 is 0 Å². The molecule has 5 nitrogen and oxygen atoms in total. The Hall–Kier alpha value is -2.30. The molecule has 2 aliphatic rings. The molecule has 0 saturated heterocycles. The van der Waals surface area contributed by atoms with Crippen LogP contribution in [0.2, 0.25) is 0 Å². The number of aryl methyl sites for hydroxylation is 2. The van der Waals surface area contributed by atoms with Crippen molar-refractivity contribution in [3.05, 3.63) is 35.2 Å². The van der Waals surface area contributed by atoms with Gasteiger partial charge in [0.15, 0.2) is 0 Å². The van der Waals surface area contributed by atoms with Crippen LogP contribution in [-0.2, 0) is 4.79 Å². The van der Waals surface area contributed by atoms with E-state index in [1.807, 2.05) is 32.0 Å². The molecule has 5 heteroatoms. The van der Waals surface area contributed by atoms with Gasteiger partial charge in [0.2, 0.25) is 0 Å². The lowest BCUT2D eigenvalue weighted by atomic mass is 9.99. The van der Waals surface area contributed by atoms with Gasteiger partial charge in [0, 0.05) is 17.0 Å². The number of hydrogen-bond acceptors (Lipinski definition) is 4. The Labute approximate surface area is 115 Å². The van der Waals surface area contributed by atoms with Crippen LogP contribution < -0.4 is 4.74 Å². The Morgan fingerprint density at radius 1 is 1.35 bits per heavy atom. The molecule has 1 aliphatic heterocycles. The van der Waals surface area contributed by atoms with Crippen LogP contribution in [0, 0.1) is 19.8 Å². The quantitative estimate of drug-likeness (QED) is 0.908. The maximum atomic E-state index is 11.1. The highest BCUT2D eigenvalue weighted by Crippen LogP contribution is 2.58. The minimum Gasteiger partial charge on any atom is -0.489 e. The van der Waals surface area contributed by atoms with Crippen molar-refractivity contribution in [2.45, 2.75) is 25.9 Å². The first kappa shape index (κ1) is 11.5. The summed E-state index contributed by atoms with van der Waals surface area (Å²) in [6, 6.07) is 5.88. The molecule has 0 amide bonds. The SMILES string of the molecule is Cc1noc(C)c1-c1ccc2c(c1)C1C(O2)C1C(=O)O. The van der Waals surface area contributed by atoms with Crippen molar-refractivity contribution in [2.75, 3.05) is 0 Å². The Morgan fingerprint density at radius 3 is 2.80 bits per heavy atom. The summed E-state index contributed by atoms with van der Waals surface area (Å²) in [5, 5.41) is 13.1. The number of hydrogen-bond donors (Lipinski definition) is 1. The number of carbonyl (C=O) groups is 1. The van der Waals surface area contributed by atoms with E-state index in [0.29, 0.717) is 0 Å². The monoisotopic (exact) mass is 271 g/mol. The summed E-state index contributed by atoms with van der Waals surface area (Å²) in [6.45, 7) is 3.77. The van der Waals surface area contributed by atoms with E-state index < -0.39 is 11.9 Å². The second-order valence-corrected chi connectivity index (χ2v) is 5.42. The minimum absolute atomic E-state index is 0.0112. The molecule has 3 atom stereocenters. The second-order valence-electron chi connectivity index (χ2n) is 5.42. The zero-order chi connectivity index (χ0) is 14.0. The Bertz CT molecular complexity index is 714. The second kappa shape index (κ2) is 3.62. The van der Waals surface area contributed by atoms with E-state index in [9.17, 15) is 4.79 Å². The van der Waals surface area contributed by atoms with Crippen molar-refractivity contribution < 1.29 is 19.2 Å². The van der Waals surface area contributed by atoms with Gasteiger partial charge >= 0.3 is 5.97 Å². The zero-order valence-electron chi connectivity index (χ0n) is 11.1. The van der Waals surface area contributed by atoms with E-state index in [2.05, 4.69) is 5.16 Å². The lowest BCUT2D eigenvalue weighted by molar-refractivity contribution is -0.139. The number of ether oxygens (including phenoxy) is 1. The maximum absolute atomic E-state index is 11.1. The van der Waals surface area contributed by atoms with Gasteiger partial charge in [-0.3, -0.25) is 4.79 Å². The van der Waals surface area contributed by atoms with E-state index in [1.54, 1.807) is 0 Å². The standard InChI is InChI=1S/C15H13NO4/c1-6-11(7(2)20-16-6)8-3-4-10-9(5-8)12-13(15(17)18)14(12)19-10/h3-5,12-14H,1-2H3,(H,17,18). The number of nitrogens with zero attached hydrogens (tertiary/aromatic N) is 1. The largest absolute Gasteiger partial charge is 0.489 e. The fraction of sp³-hybridized carbons (Fsp3) is 0.333. The lowest BCUT2D eigenvalue weighted by Gasteiger charge is -2.08. The number of rotatable bonds is 2. The number of carboxylic acid groups (broad SMARTS) is 1. The number of benzene rings is 1. The summed E-state index contributed by atoms with van der Waals surface area (Å²) >= 11 is 0. The van der Waals surface area contributed by atoms with Crippen LogP contribution in [0.25, 0.3) is 11.1 Å². The van der Waals surface area contributed by atoms with Gasteiger partial charge in [-0.2, -0.15) is 0 Å². The van der Waals surface area contributed by atoms with Gasteiger partial charge in [-0.1, -0.05) is 11.2 Å². The molecule has 1 N–H and O–H groups in total. The molecule has 20 heavy (non-hydrogen) atoms. The summed E-state index contributed by atoms with van der Waals surface area (Å²) < 4.78 is 10.9. The first-order valence-electron chi connectivity index (χ1n) is 6.54. The average molecular weight is 271 g/mol. The van der Waals surface area contributed by atoms with Crippen molar-refractivity contribution >= 4 is 5.97 Å². The minimum atomic E-state index is -0.784. The normalized spacial score (nSPS) is 25.8.